The minimum Gasteiger partial charge on any atom is -0.309 e. The lowest BCUT2D eigenvalue weighted by molar-refractivity contribution is 1.18. The van der Waals surface area contributed by atoms with Crippen molar-refractivity contribution in [2.75, 3.05) is 4.90 Å². The molecule has 54 heavy (non-hydrogen) atoms. The molecule has 0 radical (unpaired) electrons. The summed E-state index contributed by atoms with van der Waals surface area (Å²) in [6.45, 7) is 0. The lowest BCUT2D eigenvalue weighted by Gasteiger charge is -2.31. The molecule has 0 fully saturated rings. The molecule has 2 heteroatoms. The standard InChI is InChI=1S/C52H36N2/c1-5-18-37(19-6-1)40-32-33-43(39-22-9-3-10-23-39)51(36-40)54(48-35-34-42(38-20-7-2-8-21-38)44-26-13-14-27-45(44)48)50-31-17-30-49-52(50)46-28-15-16-29-47(46)53(49)41-24-11-4-12-25-41/h1-36H. The largest absolute Gasteiger partial charge is 0.309 e. The van der Waals surface area contributed by atoms with Crippen molar-refractivity contribution < 1.29 is 0 Å². The fourth-order valence-corrected chi connectivity index (χ4v) is 8.17. The Morgan fingerprint density at radius 1 is 0.296 bits per heavy atom. The summed E-state index contributed by atoms with van der Waals surface area (Å²) < 4.78 is 2.40. The Morgan fingerprint density at radius 3 is 1.54 bits per heavy atom. The van der Waals surface area contributed by atoms with Crippen molar-refractivity contribution >= 4 is 49.6 Å². The first-order chi connectivity index (χ1) is 26.8. The van der Waals surface area contributed by atoms with Crippen molar-refractivity contribution in [3.05, 3.63) is 218 Å². The number of benzene rings is 9. The first-order valence-corrected chi connectivity index (χ1v) is 18.5. The fraction of sp³-hybridized carbons (Fsp3) is 0. The average Bonchev–Trinajstić information content (AvgIpc) is 3.60. The van der Waals surface area contributed by atoms with Crippen LogP contribution >= 0.6 is 0 Å². The first-order valence-electron chi connectivity index (χ1n) is 18.5. The Hall–Kier alpha value is -7.16. The van der Waals surface area contributed by atoms with E-state index in [1.165, 1.54) is 54.9 Å². The molecular formula is C52H36N2. The summed E-state index contributed by atoms with van der Waals surface area (Å²) in [6, 6.07) is 79.0. The van der Waals surface area contributed by atoms with Gasteiger partial charge in [0.05, 0.1) is 28.1 Å². The second-order valence-electron chi connectivity index (χ2n) is 13.7. The van der Waals surface area contributed by atoms with Crippen LogP contribution in [0.3, 0.4) is 0 Å². The van der Waals surface area contributed by atoms with E-state index in [1.54, 1.807) is 0 Å². The molecule has 0 bridgehead atoms. The van der Waals surface area contributed by atoms with Gasteiger partial charge in [-0.05, 0) is 75.7 Å². The van der Waals surface area contributed by atoms with Gasteiger partial charge in [-0.3, -0.25) is 0 Å². The van der Waals surface area contributed by atoms with Gasteiger partial charge in [0.25, 0.3) is 0 Å². The second kappa shape index (κ2) is 13.4. The zero-order chi connectivity index (χ0) is 35.8. The van der Waals surface area contributed by atoms with Gasteiger partial charge in [0.2, 0.25) is 0 Å². The first kappa shape index (κ1) is 31.6. The molecule has 1 heterocycles. The van der Waals surface area contributed by atoms with E-state index in [0.717, 1.165) is 33.8 Å². The Balaban J connectivity index is 1.35. The smallest absolute Gasteiger partial charge is 0.0562 e. The zero-order valence-corrected chi connectivity index (χ0v) is 29.7. The van der Waals surface area contributed by atoms with E-state index in [0.29, 0.717) is 0 Å². The van der Waals surface area contributed by atoms with Crippen molar-refractivity contribution in [1.29, 1.82) is 0 Å². The van der Waals surface area contributed by atoms with E-state index in [9.17, 15) is 0 Å². The van der Waals surface area contributed by atoms with E-state index in [1.807, 2.05) is 0 Å². The number of hydrogen-bond acceptors (Lipinski definition) is 1. The number of anilines is 3. The number of fused-ring (bicyclic) bond motifs is 4. The Kier molecular flexibility index (Phi) is 7.85. The van der Waals surface area contributed by atoms with Crippen LogP contribution in [0.5, 0.6) is 0 Å². The topological polar surface area (TPSA) is 8.17 Å². The summed E-state index contributed by atoms with van der Waals surface area (Å²) in [4.78, 5) is 2.52. The highest BCUT2D eigenvalue weighted by atomic mass is 15.2. The van der Waals surface area contributed by atoms with Crippen molar-refractivity contribution in [1.82, 2.24) is 4.57 Å². The summed E-state index contributed by atoms with van der Waals surface area (Å²) in [5.74, 6) is 0. The molecule has 10 aromatic rings. The summed E-state index contributed by atoms with van der Waals surface area (Å²) in [6.07, 6.45) is 0. The Labute approximate surface area is 315 Å². The van der Waals surface area contributed by atoms with Crippen LogP contribution < -0.4 is 4.90 Å². The molecule has 9 aromatic carbocycles. The molecule has 0 aliphatic rings. The van der Waals surface area contributed by atoms with Crippen LogP contribution in [0.2, 0.25) is 0 Å². The highest BCUT2D eigenvalue weighted by Gasteiger charge is 2.25. The van der Waals surface area contributed by atoms with Gasteiger partial charge in [-0.2, -0.15) is 0 Å². The molecule has 0 N–H and O–H groups in total. The quantitative estimate of drug-likeness (QED) is 0.162. The molecular weight excluding hydrogens is 653 g/mol. The molecule has 0 atom stereocenters. The molecule has 0 aliphatic carbocycles. The van der Waals surface area contributed by atoms with Gasteiger partial charge < -0.3 is 9.47 Å². The highest BCUT2D eigenvalue weighted by molar-refractivity contribution is 6.18. The van der Waals surface area contributed by atoms with Gasteiger partial charge in [0.1, 0.15) is 0 Å². The second-order valence-corrected chi connectivity index (χ2v) is 13.7. The molecule has 0 saturated heterocycles. The van der Waals surface area contributed by atoms with Crippen molar-refractivity contribution in [2.45, 2.75) is 0 Å². The predicted octanol–water partition coefficient (Wildman–Crippen LogP) is 14.4. The van der Waals surface area contributed by atoms with E-state index < -0.39 is 0 Å². The third-order valence-electron chi connectivity index (χ3n) is 10.6. The van der Waals surface area contributed by atoms with Crippen molar-refractivity contribution in [2.24, 2.45) is 0 Å². The maximum Gasteiger partial charge on any atom is 0.0562 e. The predicted molar refractivity (Wildman–Crippen MR) is 229 cm³/mol. The molecule has 2 nitrogen and oxygen atoms in total. The Bertz CT molecular complexity index is 2910. The number of nitrogens with zero attached hydrogens (tertiary/aromatic N) is 2. The van der Waals surface area contributed by atoms with Gasteiger partial charge >= 0.3 is 0 Å². The summed E-state index contributed by atoms with van der Waals surface area (Å²) in [5, 5.41) is 4.82. The lowest BCUT2D eigenvalue weighted by atomic mass is 9.94. The number of hydrogen-bond donors (Lipinski definition) is 0. The summed E-state index contributed by atoms with van der Waals surface area (Å²) >= 11 is 0. The summed E-state index contributed by atoms with van der Waals surface area (Å²) in [5.41, 5.74) is 13.9. The molecule has 0 amide bonds. The molecule has 10 rings (SSSR count). The number of aromatic nitrogens is 1. The molecule has 1 aromatic heterocycles. The lowest BCUT2D eigenvalue weighted by Crippen LogP contribution is -2.13. The normalized spacial score (nSPS) is 11.3. The third kappa shape index (κ3) is 5.36. The Morgan fingerprint density at radius 2 is 0.833 bits per heavy atom. The van der Waals surface area contributed by atoms with Crippen LogP contribution in [0.15, 0.2) is 218 Å². The van der Waals surface area contributed by atoms with Crippen LogP contribution in [0.1, 0.15) is 0 Å². The van der Waals surface area contributed by atoms with Crippen LogP contribution in [0.25, 0.3) is 71.6 Å². The maximum atomic E-state index is 2.52. The SMILES string of the molecule is c1ccc(-c2ccc(-c3ccccc3)c(N(c3ccc(-c4ccccc4)c4ccccc34)c3cccc4c3c3ccccc3n4-c3ccccc3)c2)cc1. The van der Waals surface area contributed by atoms with E-state index in [2.05, 4.69) is 228 Å². The van der Waals surface area contributed by atoms with E-state index in [4.69, 9.17) is 0 Å². The molecule has 0 spiro atoms. The van der Waals surface area contributed by atoms with E-state index >= 15 is 0 Å². The minimum atomic E-state index is 1.12. The van der Waals surface area contributed by atoms with Gasteiger partial charge in [-0.15, -0.1) is 0 Å². The van der Waals surface area contributed by atoms with Crippen LogP contribution in [-0.4, -0.2) is 4.57 Å². The van der Waals surface area contributed by atoms with Gasteiger partial charge in [-0.1, -0.05) is 176 Å². The average molecular weight is 689 g/mol. The molecule has 0 aliphatic heterocycles. The molecule has 0 unspecified atom stereocenters. The third-order valence-corrected chi connectivity index (χ3v) is 10.6. The van der Waals surface area contributed by atoms with Crippen LogP contribution in [0, 0.1) is 0 Å². The van der Waals surface area contributed by atoms with Gasteiger partial charge in [0, 0.05) is 27.4 Å². The minimum absolute atomic E-state index is 1.12. The zero-order valence-electron chi connectivity index (χ0n) is 29.7. The maximum absolute atomic E-state index is 2.52. The highest BCUT2D eigenvalue weighted by Crippen LogP contribution is 2.50. The number of para-hydroxylation sites is 2. The van der Waals surface area contributed by atoms with Crippen LogP contribution in [-0.2, 0) is 0 Å². The van der Waals surface area contributed by atoms with Gasteiger partial charge in [0.15, 0.2) is 0 Å². The number of rotatable bonds is 7. The van der Waals surface area contributed by atoms with Crippen molar-refractivity contribution in [3.63, 3.8) is 0 Å². The molecule has 254 valence electrons. The molecule has 0 saturated carbocycles. The summed E-state index contributed by atoms with van der Waals surface area (Å²) in [7, 11) is 0. The fourth-order valence-electron chi connectivity index (χ4n) is 8.17. The van der Waals surface area contributed by atoms with Gasteiger partial charge in [-0.25, -0.2) is 0 Å². The van der Waals surface area contributed by atoms with Crippen LogP contribution in [0.4, 0.5) is 17.1 Å². The van der Waals surface area contributed by atoms with E-state index in [-0.39, 0.29) is 0 Å². The monoisotopic (exact) mass is 688 g/mol. The van der Waals surface area contributed by atoms with Crippen molar-refractivity contribution in [3.8, 4) is 39.1 Å².